The van der Waals surface area contributed by atoms with Gasteiger partial charge in [0.1, 0.15) is 0 Å². The Bertz CT molecular complexity index is 1460. The van der Waals surface area contributed by atoms with E-state index in [2.05, 4.69) is 20.9 Å². The van der Waals surface area contributed by atoms with Crippen molar-refractivity contribution in [1.29, 1.82) is 0 Å². The highest BCUT2D eigenvalue weighted by atomic mass is 16.2. The van der Waals surface area contributed by atoms with Crippen molar-refractivity contribution < 1.29 is 9.59 Å². The van der Waals surface area contributed by atoms with Crippen LogP contribution in [0.25, 0.3) is 21.7 Å². The molecule has 0 atom stereocenters. The third-order valence-corrected chi connectivity index (χ3v) is 5.78. The van der Waals surface area contributed by atoms with Gasteiger partial charge in [-0.1, -0.05) is 43.3 Å². The van der Waals surface area contributed by atoms with Gasteiger partial charge in [-0.05, 0) is 37.5 Å². The molecule has 0 unspecified atom stereocenters. The van der Waals surface area contributed by atoms with Gasteiger partial charge in [0.25, 0.3) is 17.4 Å². The lowest BCUT2D eigenvalue weighted by atomic mass is 10.1. The van der Waals surface area contributed by atoms with Crippen LogP contribution in [0.3, 0.4) is 0 Å². The van der Waals surface area contributed by atoms with Crippen molar-refractivity contribution in [3.63, 3.8) is 0 Å². The zero-order valence-corrected chi connectivity index (χ0v) is 18.2. The minimum absolute atomic E-state index is 0.0807. The molecular weight excluding hydrogens is 418 g/mol. The minimum atomic E-state index is -0.592. The van der Waals surface area contributed by atoms with E-state index in [1.165, 1.54) is 4.68 Å². The van der Waals surface area contributed by atoms with Crippen LogP contribution < -0.4 is 16.4 Å². The monoisotopic (exact) mass is 441 g/mol. The second kappa shape index (κ2) is 8.46. The summed E-state index contributed by atoms with van der Waals surface area (Å²) in [6.07, 6.45) is 2.83. The number of nitrogens with zero attached hydrogens (tertiary/aromatic N) is 3. The first-order valence-corrected chi connectivity index (χ1v) is 11.1. The predicted octanol–water partition coefficient (Wildman–Crippen LogP) is 3.31. The summed E-state index contributed by atoms with van der Waals surface area (Å²) in [4.78, 5) is 43.4. The van der Waals surface area contributed by atoms with E-state index in [1.807, 2.05) is 31.2 Å². The molecule has 8 heteroatoms. The number of amides is 2. The number of rotatable bonds is 5. The van der Waals surface area contributed by atoms with Crippen molar-refractivity contribution in [3.05, 3.63) is 81.9 Å². The highest BCUT2D eigenvalue weighted by Crippen LogP contribution is 2.40. The Hall–Kier alpha value is -4.07. The smallest absolute Gasteiger partial charge is 0.267 e. The Labute approximate surface area is 189 Å². The molecular formula is C25H23N5O3. The second-order valence-electron chi connectivity index (χ2n) is 8.22. The van der Waals surface area contributed by atoms with Gasteiger partial charge in [-0.15, -0.1) is 0 Å². The van der Waals surface area contributed by atoms with E-state index in [1.54, 1.807) is 30.3 Å². The Morgan fingerprint density at radius 3 is 2.36 bits per heavy atom. The molecule has 1 saturated carbocycles. The first kappa shape index (κ1) is 20.8. The topological polar surface area (TPSA) is 106 Å². The Morgan fingerprint density at radius 1 is 0.970 bits per heavy atom. The number of benzene rings is 2. The fraction of sp³-hybridized carbons (Fsp3) is 0.240. The molecule has 0 saturated heterocycles. The third-order valence-electron chi connectivity index (χ3n) is 5.78. The molecule has 2 aromatic heterocycles. The van der Waals surface area contributed by atoms with Crippen molar-refractivity contribution >= 4 is 33.5 Å². The lowest BCUT2D eigenvalue weighted by molar-refractivity contribution is 0.0844. The molecule has 1 aliphatic carbocycles. The minimum Gasteiger partial charge on any atom is -0.267 e. The summed E-state index contributed by atoms with van der Waals surface area (Å²) in [7, 11) is 0. The number of carbonyl (C=O) groups excluding carboxylic acids is 2. The molecule has 8 nitrogen and oxygen atoms in total. The normalized spacial score (nSPS) is 13.2. The lowest BCUT2D eigenvalue weighted by Gasteiger charge is -2.13. The molecule has 1 fully saturated rings. The first-order chi connectivity index (χ1) is 16.1. The summed E-state index contributed by atoms with van der Waals surface area (Å²) >= 11 is 0. The third kappa shape index (κ3) is 3.95. The number of pyridine rings is 1. The highest BCUT2D eigenvalue weighted by Gasteiger charge is 2.27. The van der Waals surface area contributed by atoms with Gasteiger partial charge in [0.2, 0.25) is 0 Å². The molecule has 0 radical (unpaired) electrons. The van der Waals surface area contributed by atoms with Gasteiger partial charge in [0.15, 0.2) is 5.69 Å². The van der Waals surface area contributed by atoms with Gasteiger partial charge >= 0.3 is 0 Å². The maximum Gasteiger partial charge on any atom is 0.290 e. The van der Waals surface area contributed by atoms with Crippen LogP contribution in [0.1, 0.15) is 58.6 Å². The van der Waals surface area contributed by atoms with Gasteiger partial charge in [-0.2, -0.15) is 5.10 Å². The SMILES string of the molecule is CCCn1nc(C(=O)NNC(=O)c2cc(C3CC3)nc3ccccc23)c2ccccc2c1=O. The molecule has 2 N–H and O–H groups in total. The molecule has 33 heavy (non-hydrogen) atoms. The predicted molar refractivity (Wildman–Crippen MR) is 125 cm³/mol. The van der Waals surface area contributed by atoms with Crippen LogP contribution in [0.5, 0.6) is 0 Å². The number of carbonyl (C=O) groups is 2. The first-order valence-electron chi connectivity index (χ1n) is 11.1. The van der Waals surface area contributed by atoms with Gasteiger partial charge in [0, 0.05) is 28.9 Å². The number of fused-ring (bicyclic) bond motifs is 2. The molecule has 166 valence electrons. The lowest BCUT2D eigenvalue weighted by Crippen LogP contribution is -2.43. The van der Waals surface area contributed by atoms with E-state index >= 15 is 0 Å². The Balaban J connectivity index is 1.44. The zero-order chi connectivity index (χ0) is 22.9. The van der Waals surface area contributed by atoms with Gasteiger partial charge in [0.05, 0.1) is 16.5 Å². The van der Waals surface area contributed by atoms with E-state index in [9.17, 15) is 14.4 Å². The summed E-state index contributed by atoms with van der Waals surface area (Å²) in [5, 5.41) is 5.83. The molecule has 5 rings (SSSR count). The molecule has 0 bridgehead atoms. The average Bonchev–Trinajstić information content (AvgIpc) is 3.69. The van der Waals surface area contributed by atoms with Gasteiger partial charge < -0.3 is 0 Å². The van der Waals surface area contributed by atoms with E-state index < -0.39 is 11.8 Å². The number of hydrazine groups is 1. The number of aryl methyl sites for hydroxylation is 1. The molecule has 2 heterocycles. The molecule has 0 aliphatic heterocycles. The highest BCUT2D eigenvalue weighted by molar-refractivity contribution is 6.09. The number of nitrogens with one attached hydrogen (secondary N) is 2. The van der Waals surface area contributed by atoms with Crippen LogP contribution in [0, 0.1) is 0 Å². The zero-order valence-electron chi connectivity index (χ0n) is 18.2. The summed E-state index contributed by atoms with van der Waals surface area (Å²) in [6, 6.07) is 16.1. The van der Waals surface area contributed by atoms with E-state index in [0.717, 1.165) is 24.1 Å². The molecule has 0 spiro atoms. The summed E-state index contributed by atoms with van der Waals surface area (Å²) < 4.78 is 1.29. The van der Waals surface area contributed by atoms with Crippen molar-refractivity contribution in [1.82, 2.24) is 25.6 Å². The van der Waals surface area contributed by atoms with Crippen molar-refractivity contribution in [2.45, 2.75) is 38.6 Å². The average molecular weight is 441 g/mol. The maximum atomic E-state index is 13.0. The Morgan fingerprint density at radius 2 is 1.64 bits per heavy atom. The van der Waals surface area contributed by atoms with Crippen molar-refractivity contribution in [2.24, 2.45) is 0 Å². The fourth-order valence-electron chi connectivity index (χ4n) is 3.98. The molecule has 4 aromatic rings. The number of hydrogen-bond donors (Lipinski definition) is 2. The Kier molecular flexibility index (Phi) is 5.34. The van der Waals surface area contributed by atoms with E-state index in [-0.39, 0.29) is 11.3 Å². The van der Waals surface area contributed by atoms with Gasteiger partial charge in [-0.25, -0.2) is 4.68 Å². The van der Waals surface area contributed by atoms with Crippen LogP contribution in [0.2, 0.25) is 0 Å². The molecule has 2 aromatic carbocycles. The van der Waals surface area contributed by atoms with Crippen molar-refractivity contribution in [3.8, 4) is 0 Å². The summed E-state index contributed by atoms with van der Waals surface area (Å²) in [5.41, 5.74) is 6.91. The standard InChI is InChI=1S/C25H23N5O3/c1-2-13-30-25(33)18-9-4-3-8-17(18)22(29-30)24(32)28-27-23(31)19-14-21(15-11-12-15)26-20-10-6-5-7-16(19)20/h3-10,14-15H,2,11-13H2,1H3,(H,27,31)(H,28,32). The van der Waals surface area contributed by atoms with E-state index in [4.69, 9.17) is 0 Å². The quantitative estimate of drug-likeness (QED) is 0.462. The van der Waals surface area contributed by atoms with Crippen molar-refractivity contribution in [2.75, 3.05) is 0 Å². The number of para-hydroxylation sites is 1. The summed E-state index contributed by atoms with van der Waals surface area (Å²) in [5.74, 6) is -0.647. The van der Waals surface area contributed by atoms with Gasteiger partial charge in [-0.3, -0.25) is 30.2 Å². The molecule has 2 amide bonds. The maximum absolute atomic E-state index is 13.0. The van der Waals surface area contributed by atoms with Crippen LogP contribution in [0.4, 0.5) is 0 Å². The largest absolute Gasteiger partial charge is 0.290 e. The van der Waals surface area contributed by atoms with Crippen LogP contribution in [0.15, 0.2) is 59.4 Å². The number of hydrogen-bond acceptors (Lipinski definition) is 5. The fourth-order valence-corrected chi connectivity index (χ4v) is 3.98. The van der Waals surface area contributed by atoms with E-state index in [0.29, 0.717) is 40.6 Å². The molecule has 1 aliphatic rings. The number of aromatic nitrogens is 3. The van der Waals surface area contributed by atoms with Crippen LogP contribution >= 0.6 is 0 Å². The second-order valence-corrected chi connectivity index (χ2v) is 8.22. The summed E-state index contributed by atoms with van der Waals surface area (Å²) in [6.45, 7) is 2.32. The van der Waals surface area contributed by atoms with Crippen LogP contribution in [-0.4, -0.2) is 26.6 Å². The van der Waals surface area contributed by atoms with Crippen LogP contribution in [-0.2, 0) is 6.54 Å².